The molecule has 0 aliphatic heterocycles. The molecule has 2 heterocycles. The summed E-state index contributed by atoms with van der Waals surface area (Å²) in [5.74, 6) is 0. The molecule has 0 aromatic carbocycles. The van der Waals surface area contributed by atoms with E-state index in [1.165, 1.54) is 17.7 Å². The van der Waals surface area contributed by atoms with Gasteiger partial charge in [0, 0.05) is 38.1 Å². The van der Waals surface area contributed by atoms with E-state index in [1.54, 1.807) is 31.6 Å². The topological polar surface area (TPSA) is 56.9 Å². The predicted molar refractivity (Wildman–Crippen MR) is 60.2 cm³/mol. The third-order valence-electron chi connectivity index (χ3n) is 2.48. The Bertz CT molecular complexity index is 626. The second-order valence-corrected chi connectivity index (χ2v) is 3.51. The zero-order chi connectivity index (χ0) is 11.7. The van der Waals surface area contributed by atoms with Crippen LogP contribution < -0.4 is 11.2 Å². The van der Waals surface area contributed by atoms with Gasteiger partial charge in [-0.25, -0.2) is 4.79 Å². The first-order valence-electron chi connectivity index (χ1n) is 4.78. The van der Waals surface area contributed by atoms with E-state index in [2.05, 4.69) is 4.98 Å². The molecule has 0 fully saturated rings. The molecule has 2 aromatic heterocycles. The van der Waals surface area contributed by atoms with Crippen LogP contribution in [0.1, 0.15) is 0 Å². The van der Waals surface area contributed by atoms with Crippen LogP contribution >= 0.6 is 0 Å². The molecule has 0 N–H and O–H groups in total. The lowest BCUT2D eigenvalue weighted by atomic mass is 10.2. The molecule has 5 heteroatoms. The molecule has 0 saturated heterocycles. The van der Waals surface area contributed by atoms with Gasteiger partial charge in [0.25, 0.3) is 5.56 Å². The fraction of sp³-hybridized carbons (Fsp3) is 0.182. The molecule has 0 atom stereocenters. The lowest BCUT2D eigenvalue weighted by molar-refractivity contribution is 0.691. The number of hydrogen-bond donors (Lipinski definition) is 0. The van der Waals surface area contributed by atoms with Crippen LogP contribution in [0.2, 0.25) is 0 Å². The lowest BCUT2D eigenvalue weighted by Gasteiger charge is -2.08. The first kappa shape index (κ1) is 10.4. The minimum absolute atomic E-state index is 0.318. The Morgan fingerprint density at radius 1 is 1.19 bits per heavy atom. The normalized spacial score (nSPS) is 10.4. The van der Waals surface area contributed by atoms with Gasteiger partial charge >= 0.3 is 5.69 Å². The Hall–Kier alpha value is -2.17. The Morgan fingerprint density at radius 2 is 1.94 bits per heavy atom. The summed E-state index contributed by atoms with van der Waals surface area (Å²) in [7, 11) is 3.09. The number of rotatable bonds is 1. The maximum atomic E-state index is 11.7. The summed E-state index contributed by atoms with van der Waals surface area (Å²) in [6.45, 7) is 0. The zero-order valence-corrected chi connectivity index (χ0v) is 9.04. The van der Waals surface area contributed by atoms with Crippen LogP contribution in [0.3, 0.4) is 0 Å². The maximum Gasteiger partial charge on any atom is 0.330 e. The summed E-state index contributed by atoms with van der Waals surface area (Å²) < 4.78 is 2.50. The fourth-order valence-corrected chi connectivity index (χ4v) is 1.52. The standard InChI is InChI=1S/C11H11N3O2/c1-13-9(8-4-3-5-12-7-8)6-10(15)14(2)11(13)16/h3-7H,1-2H3. The molecule has 5 nitrogen and oxygen atoms in total. The van der Waals surface area contributed by atoms with E-state index in [4.69, 9.17) is 0 Å². The van der Waals surface area contributed by atoms with Gasteiger partial charge in [-0.3, -0.25) is 18.9 Å². The smallest absolute Gasteiger partial charge is 0.296 e. The van der Waals surface area contributed by atoms with E-state index in [1.807, 2.05) is 0 Å². The van der Waals surface area contributed by atoms with Crippen LogP contribution in [-0.4, -0.2) is 14.1 Å². The Labute approximate surface area is 91.6 Å². The zero-order valence-electron chi connectivity index (χ0n) is 9.04. The van der Waals surface area contributed by atoms with E-state index in [-0.39, 0.29) is 11.2 Å². The van der Waals surface area contributed by atoms with Gasteiger partial charge in [0.1, 0.15) is 0 Å². The molecule has 0 spiro atoms. The third kappa shape index (κ3) is 1.56. The molecule has 0 saturated carbocycles. The van der Waals surface area contributed by atoms with Gasteiger partial charge in [0.15, 0.2) is 0 Å². The summed E-state index contributed by atoms with van der Waals surface area (Å²) >= 11 is 0. The highest BCUT2D eigenvalue weighted by Gasteiger charge is 2.07. The molecule has 0 aliphatic rings. The highest BCUT2D eigenvalue weighted by Crippen LogP contribution is 2.12. The van der Waals surface area contributed by atoms with Gasteiger partial charge in [-0.1, -0.05) is 0 Å². The summed E-state index contributed by atoms with van der Waals surface area (Å²) in [6, 6.07) is 5.00. The van der Waals surface area contributed by atoms with E-state index >= 15 is 0 Å². The second kappa shape index (κ2) is 3.77. The highest BCUT2D eigenvalue weighted by molar-refractivity contribution is 5.57. The minimum atomic E-state index is -0.341. The Kier molecular flexibility index (Phi) is 2.44. The molecule has 0 unspecified atom stereocenters. The molecule has 16 heavy (non-hydrogen) atoms. The maximum absolute atomic E-state index is 11.7. The molecule has 0 radical (unpaired) electrons. The summed E-state index contributed by atoms with van der Waals surface area (Å²) in [5.41, 5.74) is 0.661. The number of pyridine rings is 1. The third-order valence-corrected chi connectivity index (χ3v) is 2.48. The van der Waals surface area contributed by atoms with E-state index in [9.17, 15) is 9.59 Å². The van der Waals surface area contributed by atoms with Crippen LogP contribution in [0.25, 0.3) is 11.3 Å². The van der Waals surface area contributed by atoms with Crippen molar-refractivity contribution >= 4 is 0 Å². The first-order chi connectivity index (χ1) is 7.61. The molecular formula is C11H11N3O2. The average Bonchev–Trinajstić information content (AvgIpc) is 2.32. The van der Waals surface area contributed by atoms with Crippen molar-refractivity contribution < 1.29 is 0 Å². The lowest BCUT2D eigenvalue weighted by Crippen LogP contribution is -2.37. The molecule has 2 rings (SSSR count). The number of hydrogen-bond acceptors (Lipinski definition) is 3. The molecule has 0 aliphatic carbocycles. The summed E-state index contributed by atoms with van der Waals surface area (Å²) in [6.07, 6.45) is 3.26. The Balaban J connectivity index is 2.78. The molecule has 82 valence electrons. The quantitative estimate of drug-likeness (QED) is 0.683. The van der Waals surface area contributed by atoms with Crippen LogP contribution in [0.15, 0.2) is 40.2 Å². The number of aromatic nitrogens is 3. The van der Waals surface area contributed by atoms with E-state index in [0.29, 0.717) is 5.69 Å². The monoisotopic (exact) mass is 217 g/mol. The van der Waals surface area contributed by atoms with Crippen LogP contribution in [-0.2, 0) is 14.1 Å². The van der Waals surface area contributed by atoms with Crippen molar-refractivity contribution in [2.24, 2.45) is 14.1 Å². The first-order valence-corrected chi connectivity index (χ1v) is 4.78. The van der Waals surface area contributed by atoms with E-state index < -0.39 is 0 Å². The van der Waals surface area contributed by atoms with Crippen molar-refractivity contribution in [1.29, 1.82) is 0 Å². The van der Waals surface area contributed by atoms with Gasteiger partial charge in [-0.05, 0) is 12.1 Å². The molecule has 0 amide bonds. The molecule has 0 bridgehead atoms. The molecule has 2 aromatic rings. The minimum Gasteiger partial charge on any atom is -0.296 e. The fourth-order valence-electron chi connectivity index (χ4n) is 1.52. The SMILES string of the molecule is Cn1c(-c2cccnc2)cc(=O)n(C)c1=O. The van der Waals surface area contributed by atoms with E-state index in [0.717, 1.165) is 10.1 Å². The van der Waals surface area contributed by atoms with Crippen molar-refractivity contribution in [2.75, 3.05) is 0 Å². The van der Waals surface area contributed by atoms with Gasteiger partial charge < -0.3 is 0 Å². The van der Waals surface area contributed by atoms with Crippen molar-refractivity contribution in [1.82, 2.24) is 14.1 Å². The Morgan fingerprint density at radius 3 is 2.56 bits per heavy atom. The molecular weight excluding hydrogens is 206 g/mol. The van der Waals surface area contributed by atoms with Crippen LogP contribution in [0.5, 0.6) is 0 Å². The van der Waals surface area contributed by atoms with Gasteiger partial charge in [0.2, 0.25) is 0 Å². The van der Waals surface area contributed by atoms with Gasteiger partial charge in [0.05, 0.1) is 5.69 Å². The van der Waals surface area contributed by atoms with Gasteiger partial charge in [-0.15, -0.1) is 0 Å². The van der Waals surface area contributed by atoms with Crippen molar-refractivity contribution in [3.8, 4) is 11.3 Å². The van der Waals surface area contributed by atoms with Crippen molar-refractivity contribution in [3.63, 3.8) is 0 Å². The largest absolute Gasteiger partial charge is 0.330 e. The van der Waals surface area contributed by atoms with Crippen LogP contribution in [0, 0.1) is 0 Å². The van der Waals surface area contributed by atoms with Gasteiger partial charge in [-0.2, -0.15) is 0 Å². The summed E-state index contributed by atoms with van der Waals surface area (Å²) in [5, 5.41) is 0. The summed E-state index contributed by atoms with van der Waals surface area (Å²) in [4.78, 5) is 27.2. The second-order valence-electron chi connectivity index (χ2n) is 3.51. The average molecular weight is 217 g/mol. The van der Waals surface area contributed by atoms with Crippen molar-refractivity contribution in [3.05, 3.63) is 51.4 Å². The predicted octanol–water partition coefficient (Wildman–Crippen LogP) is 0.146. The van der Waals surface area contributed by atoms with Crippen molar-refractivity contribution in [2.45, 2.75) is 0 Å². The van der Waals surface area contributed by atoms with Crippen LogP contribution in [0.4, 0.5) is 0 Å². The highest BCUT2D eigenvalue weighted by atomic mass is 16.2. The number of nitrogens with zero attached hydrogens (tertiary/aromatic N) is 3.